The molecule has 0 spiro atoms. The molecule has 0 aromatic heterocycles. The van der Waals surface area contributed by atoms with Crippen LogP contribution in [0.1, 0.15) is 50.2 Å². The van der Waals surface area contributed by atoms with Crippen LogP contribution in [-0.4, -0.2) is 42.8 Å². The summed E-state index contributed by atoms with van der Waals surface area (Å²) in [5.41, 5.74) is 1.56. The number of aliphatic hydroxyl groups is 1. The summed E-state index contributed by atoms with van der Waals surface area (Å²) in [6.45, 7) is 2.30. The van der Waals surface area contributed by atoms with E-state index in [9.17, 15) is 9.90 Å². The Balaban J connectivity index is 2.26. The van der Waals surface area contributed by atoms with E-state index in [2.05, 4.69) is 5.16 Å². The van der Waals surface area contributed by atoms with Crippen LogP contribution in [0, 0.1) is 5.92 Å². The standard InChI is InChI=1S/C19H27NO5/c1-3-25-18(22)14-6-8-19(9-7-14,10-11-21)16-4-5-17(24-2)15(12-16)13-20-23/h4-5,12-14,21,23H,3,6-11H2,1-2H3. The number of esters is 1. The van der Waals surface area contributed by atoms with E-state index < -0.39 is 0 Å². The topological polar surface area (TPSA) is 88.4 Å². The Bertz CT molecular complexity index is 606. The minimum atomic E-state index is -0.192. The molecule has 138 valence electrons. The van der Waals surface area contributed by atoms with Gasteiger partial charge in [0.05, 0.1) is 25.8 Å². The van der Waals surface area contributed by atoms with Crippen molar-refractivity contribution in [1.29, 1.82) is 0 Å². The molecule has 2 N–H and O–H groups in total. The van der Waals surface area contributed by atoms with Crippen LogP contribution in [0.5, 0.6) is 5.75 Å². The molecule has 1 aromatic rings. The Hall–Kier alpha value is -2.08. The van der Waals surface area contributed by atoms with E-state index >= 15 is 0 Å². The van der Waals surface area contributed by atoms with Crippen LogP contribution in [0.2, 0.25) is 0 Å². The zero-order valence-corrected chi connectivity index (χ0v) is 14.9. The summed E-state index contributed by atoms with van der Waals surface area (Å²) >= 11 is 0. The highest BCUT2D eigenvalue weighted by molar-refractivity contribution is 5.83. The van der Waals surface area contributed by atoms with Gasteiger partial charge in [-0.2, -0.15) is 0 Å². The highest BCUT2D eigenvalue weighted by Crippen LogP contribution is 2.45. The molecule has 1 aliphatic carbocycles. The summed E-state index contributed by atoms with van der Waals surface area (Å²) in [5.74, 6) is 0.437. The molecule has 0 aliphatic heterocycles. The SMILES string of the molecule is CCOC(=O)C1CCC(CCO)(c2ccc(OC)c(C=NO)c2)CC1. The van der Waals surface area contributed by atoms with Gasteiger partial charge in [-0.15, -0.1) is 0 Å². The van der Waals surface area contributed by atoms with Crippen molar-refractivity contribution in [1.82, 2.24) is 0 Å². The van der Waals surface area contributed by atoms with Gasteiger partial charge in [-0.25, -0.2) is 0 Å². The second-order valence-electron chi connectivity index (χ2n) is 6.48. The number of rotatable bonds is 7. The van der Waals surface area contributed by atoms with E-state index in [1.807, 2.05) is 25.1 Å². The van der Waals surface area contributed by atoms with Gasteiger partial charge in [0.25, 0.3) is 0 Å². The van der Waals surface area contributed by atoms with Crippen LogP contribution in [-0.2, 0) is 14.9 Å². The van der Waals surface area contributed by atoms with E-state index in [1.165, 1.54) is 6.21 Å². The number of benzene rings is 1. The average molecular weight is 349 g/mol. The van der Waals surface area contributed by atoms with E-state index in [1.54, 1.807) is 7.11 Å². The van der Waals surface area contributed by atoms with E-state index in [0.717, 1.165) is 31.2 Å². The van der Waals surface area contributed by atoms with Crippen LogP contribution in [0.25, 0.3) is 0 Å². The van der Waals surface area contributed by atoms with Crippen molar-refractivity contribution in [2.24, 2.45) is 11.1 Å². The smallest absolute Gasteiger partial charge is 0.308 e. The van der Waals surface area contributed by atoms with Gasteiger partial charge in [0.2, 0.25) is 0 Å². The largest absolute Gasteiger partial charge is 0.496 e. The van der Waals surface area contributed by atoms with Gasteiger partial charge < -0.3 is 19.8 Å². The second-order valence-corrected chi connectivity index (χ2v) is 6.48. The monoisotopic (exact) mass is 349 g/mol. The molecule has 1 aliphatic rings. The van der Waals surface area contributed by atoms with Crippen molar-refractivity contribution >= 4 is 12.2 Å². The summed E-state index contributed by atoms with van der Waals surface area (Å²) in [6, 6.07) is 5.79. The molecule has 1 fully saturated rings. The Morgan fingerprint density at radius 3 is 2.68 bits per heavy atom. The molecule has 6 nitrogen and oxygen atoms in total. The third-order valence-electron chi connectivity index (χ3n) is 5.19. The number of nitrogens with zero attached hydrogens (tertiary/aromatic N) is 1. The number of carbonyl (C=O) groups excluding carboxylic acids is 1. The van der Waals surface area contributed by atoms with Crippen molar-refractivity contribution in [3.8, 4) is 5.75 Å². The molecule has 0 bridgehead atoms. The summed E-state index contributed by atoms with van der Waals surface area (Å²) in [5, 5.41) is 21.6. The summed E-state index contributed by atoms with van der Waals surface area (Å²) in [7, 11) is 1.57. The maximum absolute atomic E-state index is 12.0. The van der Waals surface area contributed by atoms with Crippen molar-refractivity contribution in [2.75, 3.05) is 20.3 Å². The fourth-order valence-corrected chi connectivity index (χ4v) is 3.79. The number of hydrogen-bond donors (Lipinski definition) is 2. The first-order valence-corrected chi connectivity index (χ1v) is 8.73. The molecule has 1 aromatic carbocycles. The average Bonchev–Trinajstić information content (AvgIpc) is 2.63. The fraction of sp³-hybridized carbons (Fsp3) is 0.579. The zero-order chi connectivity index (χ0) is 18.3. The number of aliphatic hydroxyl groups excluding tert-OH is 1. The fourth-order valence-electron chi connectivity index (χ4n) is 3.79. The summed E-state index contributed by atoms with van der Waals surface area (Å²) < 4.78 is 10.4. The first-order chi connectivity index (χ1) is 12.1. The molecule has 0 radical (unpaired) electrons. The zero-order valence-electron chi connectivity index (χ0n) is 14.9. The first-order valence-electron chi connectivity index (χ1n) is 8.73. The van der Waals surface area contributed by atoms with Crippen molar-refractivity contribution in [2.45, 2.75) is 44.4 Å². The number of oxime groups is 1. The normalized spacial score (nSPS) is 23.6. The highest BCUT2D eigenvalue weighted by atomic mass is 16.5. The van der Waals surface area contributed by atoms with Crippen molar-refractivity contribution in [3.05, 3.63) is 29.3 Å². The lowest BCUT2D eigenvalue weighted by molar-refractivity contribution is -0.149. The molecule has 2 rings (SSSR count). The molecule has 0 saturated heterocycles. The minimum Gasteiger partial charge on any atom is -0.496 e. The summed E-state index contributed by atoms with van der Waals surface area (Å²) in [6.07, 6.45) is 5.07. The van der Waals surface area contributed by atoms with Crippen molar-refractivity contribution in [3.63, 3.8) is 0 Å². The third-order valence-corrected chi connectivity index (χ3v) is 5.19. The molecule has 6 heteroatoms. The molecular formula is C19H27NO5. The molecular weight excluding hydrogens is 322 g/mol. The predicted molar refractivity (Wildman–Crippen MR) is 94.3 cm³/mol. The lowest BCUT2D eigenvalue weighted by Crippen LogP contribution is -2.35. The van der Waals surface area contributed by atoms with E-state index in [0.29, 0.717) is 24.3 Å². The molecule has 0 unspecified atom stereocenters. The van der Waals surface area contributed by atoms with Gasteiger partial charge in [0.1, 0.15) is 5.75 Å². The molecule has 25 heavy (non-hydrogen) atoms. The van der Waals surface area contributed by atoms with Gasteiger partial charge in [0, 0.05) is 12.2 Å². The Morgan fingerprint density at radius 2 is 2.12 bits per heavy atom. The summed E-state index contributed by atoms with van der Waals surface area (Å²) in [4.78, 5) is 12.0. The van der Waals surface area contributed by atoms with Gasteiger partial charge in [-0.05, 0) is 62.1 Å². The molecule has 0 heterocycles. The van der Waals surface area contributed by atoms with Crippen LogP contribution in [0.4, 0.5) is 0 Å². The number of carbonyl (C=O) groups is 1. The van der Waals surface area contributed by atoms with Gasteiger partial charge in [-0.3, -0.25) is 4.79 Å². The highest BCUT2D eigenvalue weighted by Gasteiger charge is 2.39. The maximum atomic E-state index is 12.0. The quantitative estimate of drug-likeness (QED) is 0.342. The molecule has 0 amide bonds. The van der Waals surface area contributed by atoms with Gasteiger partial charge in [0.15, 0.2) is 0 Å². The molecule has 1 saturated carbocycles. The van der Waals surface area contributed by atoms with E-state index in [-0.39, 0.29) is 23.9 Å². The first kappa shape index (κ1) is 19.2. The number of hydrogen-bond acceptors (Lipinski definition) is 6. The molecule has 0 atom stereocenters. The van der Waals surface area contributed by atoms with Crippen LogP contribution in [0.15, 0.2) is 23.4 Å². The predicted octanol–water partition coefficient (Wildman–Crippen LogP) is 2.88. The maximum Gasteiger partial charge on any atom is 0.308 e. The van der Waals surface area contributed by atoms with Gasteiger partial charge >= 0.3 is 5.97 Å². The van der Waals surface area contributed by atoms with Crippen LogP contribution in [0.3, 0.4) is 0 Å². The second kappa shape index (κ2) is 8.85. The minimum absolute atomic E-state index is 0.0662. The number of methoxy groups -OCH3 is 1. The Kier molecular flexibility index (Phi) is 6.82. The van der Waals surface area contributed by atoms with Crippen molar-refractivity contribution < 1.29 is 24.6 Å². The van der Waals surface area contributed by atoms with Gasteiger partial charge in [-0.1, -0.05) is 11.2 Å². The van der Waals surface area contributed by atoms with Crippen LogP contribution < -0.4 is 4.74 Å². The Morgan fingerprint density at radius 1 is 1.40 bits per heavy atom. The lowest BCUT2D eigenvalue weighted by Gasteiger charge is -2.40. The number of ether oxygens (including phenoxy) is 2. The van der Waals surface area contributed by atoms with Crippen LogP contribution >= 0.6 is 0 Å². The third kappa shape index (κ3) is 4.31. The Labute approximate surface area is 148 Å². The van der Waals surface area contributed by atoms with E-state index in [4.69, 9.17) is 14.7 Å². The lowest BCUT2D eigenvalue weighted by atomic mass is 9.65.